The summed E-state index contributed by atoms with van der Waals surface area (Å²) in [5.74, 6) is 0. The number of hydrogen-bond acceptors (Lipinski definition) is 0. The fourth-order valence-corrected chi connectivity index (χ4v) is 2.79. The number of hydrogen-bond donors (Lipinski definition) is 0. The van der Waals surface area contributed by atoms with E-state index in [4.69, 9.17) is 0 Å². The first-order chi connectivity index (χ1) is 9.36. The van der Waals surface area contributed by atoms with E-state index in [1.165, 1.54) is 27.6 Å². The van der Waals surface area contributed by atoms with Crippen LogP contribution in [-0.2, 0) is 0 Å². The van der Waals surface area contributed by atoms with Gasteiger partial charge in [0.25, 0.3) is 0 Å². The predicted molar refractivity (Wildman–Crippen MR) is 92.4 cm³/mol. The fraction of sp³-hybridized carbons (Fsp3) is 0. The van der Waals surface area contributed by atoms with Crippen LogP contribution in [0.15, 0.2) is 78.9 Å². The largest absolute Gasteiger partial charge is 0.105 e. The van der Waals surface area contributed by atoms with E-state index in [1.807, 2.05) is 0 Å². The molecule has 3 rings (SSSR count). The summed E-state index contributed by atoms with van der Waals surface area (Å²) in [7, 11) is 2.84. The molecule has 0 fully saturated rings. The Morgan fingerprint density at radius 1 is 0.550 bits per heavy atom. The molecule has 0 nitrogen and oxygen atoms in total. The Morgan fingerprint density at radius 2 is 1.10 bits per heavy atom. The smallest absolute Gasteiger partial charge is 0 e. The summed E-state index contributed by atoms with van der Waals surface area (Å²) < 4.78 is 0. The number of benzene rings is 3. The molecule has 0 aliphatic heterocycles. The minimum absolute atomic E-state index is 0. The molecule has 0 aromatic heterocycles. The molecule has 0 spiro atoms. The van der Waals surface area contributed by atoms with Gasteiger partial charge in [-0.2, -0.15) is 0 Å². The van der Waals surface area contributed by atoms with Crippen LogP contribution in [0.25, 0.3) is 22.3 Å². The Balaban J connectivity index is 0.00000147. The molecule has 0 amide bonds. The SMILES string of the molecule is Pc1cccc(-c2ccccc2)c1-c1ccccc1.[Na]. The third-order valence-electron chi connectivity index (χ3n) is 3.24. The van der Waals surface area contributed by atoms with Crippen molar-refractivity contribution in [2.24, 2.45) is 0 Å². The Hall–Kier alpha value is -0.910. The van der Waals surface area contributed by atoms with E-state index in [2.05, 4.69) is 88.1 Å². The van der Waals surface area contributed by atoms with Gasteiger partial charge in [-0.25, -0.2) is 0 Å². The second-order valence-corrected chi connectivity index (χ2v) is 5.12. The van der Waals surface area contributed by atoms with E-state index < -0.39 is 0 Å². The molecular weight excluding hydrogens is 270 g/mol. The van der Waals surface area contributed by atoms with Crippen LogP contribution in [0.1, 0.15) is 0 Å². The molecule has 0 aliphatic carbocycles. The van der Waals surface area contributed by atoms with Crippen molar-refractivity contribution in [3.8, 4) is 22.3 Å². The van der Waals surface area contributed by atoms with Crippen molar-refractivity contribution in [3.63, 3.8) is 0 Å². The first kappa shape index (κ1) is 15.5. The van der Waals surface area contributed by atoms with Crippen LogP contribution >= 0.6 is 9.24 Å². The Morgan fingerprint density at radius 3 is 1.70 bits per heavy atom. The summed E-state index contributed by atoms with van der Waals surface area (Å²) in [5, 5.41) is 1.23. The molecule has 20 heavy (non-hydrogen) atoms. The first-order valence-corrected chi connectivity index (χ1v) is 6.93. The van der Waals surface area contributed by atoms with Gasteiger partial charge in [-0.1, -0.05) is 78.9 Å². The van der Waals surface area contributed by atoms with Gasteiger partial charge < -0.3 is 0 Å². The van der Waals surface area contributed by atoms with Gasteiger partial charge >= 0.3 is 0 Å². The van der Waals surface area contributed by atoms with Crippen LogP contribution in [0.5, 0.6) is 0 Å². The van der Waals surface area contributed by atoms with Crippen molar-refractivity contribution in [3.05, 3.63) is 78.9 Å². The average molecular weight is 285 g/mol. The minimum atomic E-state index is 0. The molecular formula is C18H15NaP. The topological polar surface area (TPSA) is 0 Å². The van der Waals surface area contributed by atoms with Gasteiger partial charge in [0, 0.05) is 29.6 Å². The molecule has 0 N–H and O–H groups in total. The molecule has 3 aromatic rings. The van der Waals surface area contributed by atoms with E-state index in [1.54, 1.807) is 0 Å². The Kier molecular flexibility index (Phi) is 5.57. The molecule has 0 saturated carbocycles. The maximum atomic E-state index is 2.84. The monoisotopic (exact) mass is 285 g/mol. The summed E-state index contributed by atoms with van der Waals surface area (Å²) in [5.41, 5.74) is 5.08. The average Bonchev–Trinajstić information content (AvgIpc) is 2.49. The second-order valence-electron chi connectivity index (χ2n) is 4.50. The van der Waals surface area contributed by atoms with E-state index in [0.717, 1.165) is 0 Å². The van der Waals surface area contributed by atoms with Gasteiger partial charge in [-0.05, 0) is 27.6 Å². The van der Waals surface area contributed by atoms with Crippen LogP contribution in [0.3, 0.4) is 0 Å². The molecule has 1 atom stereocenters. The van der Waals surface area contributed by atoms with Crippen molar-refractivity contribution in [2.75, 3.05) is 0 Å². The molecule has 0 saturated heterocycles. The van der Waals surface area contributed by atoms with Crippen molar-refractivity contribution in [1.82, 2.24) is 0 Å². The summed E-state index contributed by atoms with van der Waals surface area (Å²) in [6.07, 6.45) is 0. The fourth-order valence-electron chi connectivity index (χ4n) is 2.36. The van der Waals surface area contributed by atoms with Gasteiger partial charge in [-0.3, -0.25) is 0 Å². The van der Waals surface area contributed by atoms with Gasteiger partial charge in [0.2, 0.25) is 0 Å². The molecule has 1 radical (unpaired) electrons. The third-order valence-corrected chi connectivity index (χ3v) is 3.73. The molecule has 0 bridgehead atoms. The van der Waals surface area contributed by atoms with Crippen LogP contribution in [0, 0.1) is 0 Å². The van der Waals surface area contributed by atoms with Crippen molar-refractivity contribution < 1.29 is 0 Å². The predicted octanol–water partition coefficient (Wildman–Crippen LogP) is 4.14. The zero-order valence-electron chi connectivity index (χ0n) is 11.6. The van der Waals surface area contributed by atoms with Gasteiger partial charge in [0.15, 0.2) is 0 Å². The number of rotatable bonds is 2. The van der Waals surface area contributed by atoms with Crippen LogP contribution < -0.4 is 5.30 Å². The van der Waals surface area contributed by atoms with E-state index in [0.29, 0.717) is 0 Å². The van der Waals surface area contributed by atoms with Crippen LogP contribution in [0.4, 0.5) is 0 Å². The molecule has 1 unspecified atom stereocenters. The van der Waals surface area contributed by atoms with Gasteiger partial charge in [-0.15, -0.1) is 9.24 Å². The van der Waals surface area contributed by atoms with Gasteiger partial charge in [0.05, 0.1) is 0 Å². The summed E-state index contributed by atoms with van der Waals surface area (Å²) in [4.78, 5) is 0. The third kappa shape index (κ3) is 3.22. The van der Waals surface area contributed by atoms with E-state index in [9.17, 15) is 0 Å². The quantitative estimate of drug-likeness (QED) is 0.490. The maximum Gasteiger partial charge on any atom is 0 e. The summed E-state index contributed by atoms with van der Waals surface area (Å²) >= 11 is 0. The van der Waals surface area contributed by atoms with Crippen molar-refractivity contribution in [1.29, 1.82) is 0 Å². The Bertz CT molecular complexity index is 678. The van der Waals surface area contributed by atoms with Gasteiger partial charge in [0.1, 0.15) is 0 Å². The zero-order valence-corrected chi connectivity index (χ0v) is 14.7. The normalized spacial score (nSPS) is 9.85. The van der Waals surface area contributed by atoms with Crippen molar-refractivity contribution in [2.45, 2.75) is 0 Å². The van der Waals surface area contributed by atoms with Crippen LogP contribution in [-0.4, -0.2) is 29.6 Å². The molecule has 2 heteroatoms. The first-order valence-electron chi connectivity index (χ1n) is 6.35. The molecule has 0 heterocycles. The van der Waals surface area contributed by atoms with Crippen LogP contribution in [0.2, 0.25) is 0 Å². The minimum Gasteiger partial charge on any atom is -0.105 e. The Labute approximate surface area is 144 Å². The summed E-state index contributed by atoms with van der Waals surface area (Å²) in [6.45, 7) is 0. The maximum absolute atomic E-state index is 2.84. The molecule has 0 aliphatic rings. The second kappa shape index (κ2) is 7.20. The van der Waals surface area contributed by atoms with E-state index in [-0.39, 0.29) is 29.6 Å². The molecule has 3 aromatic carbocycles. The standard InChI is InChI=1S/C18H15P.Na/c19-17-13-7-12-16(14-8-3-1-4-9-14)18(17)15-10-5-2-6-11-15;/h1-13H,19H2;. The summed E-state index contributed by atoms with van der Waals surface area (Å²) in [6, 6.07) is 27.5. The zero-order chi connectivity index (χ0) is 13.1. The molecule has 93 valence electrons. The van der Waals surface area contributed by atoms with Crippen molar-refractivity contribution >= 4 is 44.1 Å². The van der Waals surface area contributed by atoms with E-state index >= 15 is 0 Å².